The van der Waals surface area contributed by atoms with Gasteiger partial charge in [0, 0.05) is 29.9 Å². The molecular weight excluding hydrogens is 332 g/mol. The molecular formula is C19H20N4O3. The Morgan fingerprint density at radius 3 is 2.62 bits per heavy atom. The number of hydrogen-bond acceptors (Lipinski definition) is 6. The van der Waals surface area contributed by atoms with Gasteiger partial charge >= 0.3 is 5.97 Å². The van der Waals surface area contributed by atoms with Crippen LogP contribution in [0.25, 0.3) is 17.5 Å². The predicted molar refractivity (Wildman–Crippen MR) is 96.0 cm³/mol. The van der Waals surface area contributed by atoms with Crippen LogP contribution in [0.1, 0.15) is 35.9 Å². The van der Waals surface area contributed by atoms with E-state index in [1.807, 2.05) is 51.2 Å². The van der Waals surface area contributed by atoms with Gasteiger partial charge < -0.3 is 9.15 Å². The summed E-state index contributed by atoms with van der Waals surface area (Å²) < 4.78 is 12.7. The van der Waals surface area contributed by atoms with Crippen LogP contribution >= 0.6 is 0 Å². The molecule has 0 aliphatic heterocycles. The first-order chi connectivity index (χ1) is 12.5. The second kappa shape index (κ2) is 7.35. The zero-order valence-corrected chi connectivity index (χ0v) is 15.1. The molecule has 0 radical (unpaired) electrons. The second-order valence-corrected chi connectivity index (χ2v) is 5.93. The van der Waals surface area contributed by atoms with Crippen LogP contribution in [0.5, 0.6) is 0 Å². The molecule has 0 bridgehead atoms. The monoisotopic (exact) mass is 352 g/mol. The van der Waals surface area contributed by atoms with Gasteiger partial charge in [-0.25, -0.2) is 4.79 Å². The van der Waals surface area contributed by atoms with Crippen LogP contribution in [-0.2, 0) is 16.6 Å². The Balaban J connectivity index is 1.66. The molecule has 0 amide bonds. The van der Waals surface area contributed by atoms with Crippen molar-refractivity contribution in [3.63, 3.8) is 0 Å². The van der Waals surface area contributed by atoms with Crippen molar-refractivity contribution in [1.82, 2.24) is 20.0 Å². The van der Waals surface area contributed by atoms with Crippen LogP contribution in [-0.4, -0.2) is 25.9 Å². The Hall–Kier alpha value is -3.22. The third kappa shape index (κ3) is 3.72. The van der Waals surface area contributed by atoms with Gasteiger partial charge in [-0.15, -0.1) is 10.2 Å². The molecule has 7 nitrogen and oxygen atoms in total. The summed E-state index contributed by atoms with van der Waals surface area (Å²) >= 11 is 0. The summed E-state index contributed by atoms with van der Waals surface area (Å²) in [5.41, 5.74) is 3.55. The van der Waals surface area contributed by atoms with E-state index in [9.17, 15) is 4.79 Å². The van der Waals surface area contributed by atoms with Gasteiger partial charge in [-0.1, -0.05) is 18.2 Å². The molecule has 3 rings (SSSR count). The van der Waals surface area contributed by atoms with E-state index in [2.05, 4.69) is 15.3 Å². The number of esters is 1. The zero-order valence-electron chi connectivity index (χ0n) is 15.1. The van der Waals surface area contributed by atoms with Crippen LogP contribution < -0.4 is 0 Å². The van der Waals surface area contributed by atoms with E-state index in [0.717, 1.165) is 22.5 Å². The maximum absolute atomic E-state index is 12.1. The second-order valence-electron chi connectivity index (χ2n) is 5.93. The fraction of sp³-hybridized carbons (Fsp3) is 0.263. The van der Waals surface area contributed by atoms with E-state index >= 15 is 0 Å². The SMILES string of the molecule is Cc1nn(C)c(C)c1/C=C/C(=O)O[C@H](C)c1nnc(-c2ccccc2)o1. The lowest BCUT2D eigenvalue weighted by Crippen LogP contribution is -2.06. The Morgan fingerprint density at radius 2 is 1.96 bits per heavy atom. The fourth-order valence-corrected chi connectivity index (χ4v) is 2.54. The van der Waals surface area contributed by atoms with Crippen LogP contribution in [0, 0.1) is 13.8 Å². The minimum Gasteiger partial charge on any atom is -0.449 e. The van der Waals surface area contributed by atoms with E-state index in [1.54, 1.807) is 17.7 Å². The molecule has 134 valence electrons. The third-order valence-corrected chi connectivity index (χ3v) is 4.05. The van der Waals surface area contributed by atoms with Gasteiger partial charge in [0.25, 0.3) is 5.89 Å². The molecule has 3 aromatic rings. The molecule has 0 aliphatic carbocycles. The minimum absolute atomic E-state index is 0.249. The summed E-state index contributed by atoms with van der Waals surface area (Å²) in [6.07, 6.45) is 2.44. The van der Waals surface area contributed by atoms with Gasteiger partial charge in [0.05, 0.1) is 5.69 Å². The normalized spacial score (nSPS) is 12.5. The highest BCUT2D eigenvalue weighted by Crippen LogP contribution is 2.22. The molecule has 0 saturated heterocycles. The molecule has 1 aromatic carbocycles. The lowest BCUT2D eigenvalue weighted by atomic mass is 10.2. The first-order valence-electron chi connectivity index (χ1n) is 8.23. The Kier molecular flexibility index (Phi) is 4.97. The summed E-state index contributed by atoms with van der Waals surface area (Å²) in [6.45, 7) is 5.52. The number of benzene rings is 1. The topological polar surface area (TPSA) is 83.0 Å². The van der Waals surface area contributed by atoms with Gasteiger partial charge in [-0.05, 0) is 39.0 Å². The van der Waals surface area contributed by atoms with Gasteiger partial charge in [0.1, 0.15) is 0 Å². The van der Waals surface area contributed by atoms with E-state index < -0.39 is 12.1 Å². The Morgan fingerprint density at radius 1 is 1.23 bits per heavy atom. The maximum atomic E-state index is 12.1. The highest BCUT2D eigenvalue weighted by Gasteiger charge is 2.18. The van der Waals surface area contributed by atoms with E-state index in [4.69, 9.17) is 9.15 Å². The number of rotatable bonds is 5. The minimum atomic E-state index is -0.645. The number of aromatic nitrogens is 4. The van der Waals surface area contributed by atoms with Crippen molar-refractivity contribution in [3.8, 4) is 11.5 Å². The molecule has 1 atom stereocenters. The van der Waals surface area contributed by atoms with Crippen LogP contribution in [0.3, 0.4) is 0 Å². The highest BCUT2D eigenvalue weighted by molar-refractivity contribution is 5.87. The summed E-state index contributed by atoms with van der Waals surface area (Å²) in [5, 5.41) is 12.3. The van der Waals surface area contributed by atoms with Crippen molar-refractivity contribution in [2.24, 2.45) is 7.05 Å². The molecule has 0 unspecified atom stereocenters. The van der Waals surface area contributed by atoms with Gasteiger partial charge in [-0.3, -0.25) is 4.68 Å². The van der Waals surface area contributed by atoms with E-state index in [-0.39, 0.29) is 5.89 Å². The molecule has 0 N–H and O–H groups in total. The number of carbonyl (C=O) groups is 1. The lowest BCUT2D eigenvalue weighted by Gasteiger charge is -2.06. The maximum Gasteiger partial charge on any atom is 0.331 e. The van der Waals surface area contributed by atoms with Crippen molar-refractivity contribution in [1.29, 1.82) is 0 Å². The molecule has 0 spiro atoms. The van der Waals surface area contributed by atoms with Crippen molar-refractivity contribution < 1.29 is 13.9 Å². The average molecular weight is 352 g/mol. The summed E-state index contributed by atoms with van der Waals surface area (Å²) in [6, 6.07) is 9.42. The number of ether oxygens (including phenoxy) is 1. The smallest absolute Gasteiger partial charge is 0.331 e. The highest BCUT2D eigenvalue weighted by atomic mass is 16.6. The molecule has 26 heavy (non-hydrogen) atoms. The fourth-order valence-electron chi connectivity index (χ4n) is 2.54. The van der Waals surface area contributed by atoms with Crippen molar-refractivity contribution >= 4 is 12.0 Å². The number of nitrogens with zero attached hydrogens (tertiary/aromatic N) is 4. The quantitative estimate of drug-likeness (QED) is 0.517. The average Bonchev–Trinajstić information content (AvgIpc) is 3.20. The summed E-state index contributed by atoms with van der Waals surface area (Å²) in [4.78, 5) is 12.1. The predicted octanol–water partition coefficient (Wildman–Crippen LogP) is 3.40. The van der Waals surface area contributed by atoms with E-state index in [1.165, 1.54) is 6.08 Å². The first-order valence-corrected chi connectivity index (χ1v) is 8.23. The standard InChI is InChI=1S/C19H20N4O3/c1-12-16(13(2)23(4)22-12)10-11-17(24)25-14(3)18-20-21-19(26-18)15-8-6-5-7-9-15/h5-11,14H,1-4H3/b11-10+/t14-/m1/s1. The van der Waals surface area contributed by atoms with Crippen LogP contribution in [0.15, 0.2) is 40.8 Å². The molecule has 0 saturated carbocycles. The first kappa shape index (κ1) is 17.6. The van der Waals surface area contributed by atoms with Crippen LogP contribution in [0.2, 0.25) is 0 Å². The van der Waals surface area contributed by atoms with Crippen molar-refractivity contribution in [2.75, 3.05) is 0 Å². The lowest BCUT2D eigenvalue weighted by molar-refractivity contribution is -0.143. The largest absolute Gasteiger partial charge is 0.449 e. The summed E-state index contributed by atoms with van der Waals surface area (Å²) in [5.74, 6) is 0.152. The van der Waals surface area contributed by atoms with Crippen molar-refractivity contribution in [2.45, 2.75) is 26.9 Å². The van der Waals surface area contributed by atoms with Crippen LogP contribution in [0.4, 0.5) is 0 Å². The zero-order chi connectivity index (χ0) is 18.7. The number of aryl methyl sites for hydroxylation is 2. The van der Waals surface area contributed by atoms with Crippen molar-refractivity contribution in [3.05, 3.63) is 59.2 Å². The molecule has 7 heteroatoms. The van der Waals surface area contributed by atoms with Gasteiger partial charge in [0.15, 0.2) is 6.10 Å². The van der Waals surface area contributed by atoms with E-state index in [0.29, 0.717) is 5.89 Å². The molecule has 0 fully saturated rings. The Labute approximate surface area is 151 Å². The van der Waals surface area contributed by atoms with Gasteiger partial charge in [0.2, 0.25) is 5.89 Å². The third-order valence-electron chi connectivity index (χ3n) is 4.05. The summed E-state index contributed by atoms with van der Waals surface area (Å²) in [7, 11) is 1.86. The molecule has 2 aromatic heterocycles. The van der Waals surface area contributed by atoms with Gasteiger partial charge in [-0.2, -0.15) is 5.10 Å². The number of carbonyl (C=O) groups excluding carboxylic acids is 1. The Bertz CT molecular complexity index is 941. The molecule has 0 aliphatic rings. The number of hydrogen-bond donors (Lipinski definition) is 0. The molecule has 2 heterocycles.